The summed E-state index contributed by atoms with van der Waals surface area (Å²) in [6, 6.07) is 15.9. The summed E-state index contributed by atoms with van der Waals surface area (Å²) in [5.41, 5.74) is 2.39. The van der Waals surface area contributed by atoms with Crippen LogP contribution in [0.5, 0.6) is 17.2 Å². The molecular weight excluding hydrogens is 450 g/mol. The fraction of sp³-hybridized carbons (Fsp3) is 0.192. The summed E-state index contributed by atoms with van der Waals surface area (Å²) in [4.78, 5) is 29.9. The number of benzene rings is 2. The van der Waals surface area contributed by atoms with Gasteiger partial charge in [-0.2, -0.15) is 0 Å². The summed E-state index contributed by atoms with van der Waals surface area (Å²) < 4.78 is 21.4. The highest BCUT2D eigenvalue weighted by Crippen LogP contribution is 2.41. The monoisotopic (exact) mass is 475 g/mol. The van der Waals surface area contributed by atoms with Crippen LogP contribution in [-0.2, 0) is 0 Å². The van der Waals surface area contributed by atoms with Crippen LogP contribution in [0, 0.1) is 0 Å². The molecule has 0 aliphatic rings. The minimum Gasteiger partial charge on any atom is -0.493 e. The van der Waals surface area contributed by atoms with Crippen LogP contribution in [0.2, 0.25) is 0 Å². The maximum Gasteiger partial charge on any atom is 0.287 e. The van der Waals surface area contributed by atoms with Crippen molar-refractivity contribution in [2.45, 2.75) is 0 Å². The Bertz CT molecular complexity index is 1330. The second kappa shape index (κ2) is 10.6. The maximum atomic E-state index is 13.1. The van der Waals surface area contributed by atoms with E-state index >= 15 is 0 Å². The third-order valence-corrected chi connectivity index (χ3v) is 5.36. The number of hydrogen-bond acceptors (Lipinski definition) is 7. The molecule has 0 saturated heterocycles. The van der Waals surface area contributed by atoms with Crippen LogP contribution in [-0.4, -0.2) is 51.2 Å². The number of methoxy groups -OCH3 is 3. The molecule has 0 unspecified atom stereocenters. The van der Waals surface area contributed by atoms with Crippen LogP contribution >= 0.6 is 0 Å². The molecule has 0 saturated carbocycles. The Labute approximate surface area is 202 Å². The van der Waals surface area contributed by atoms with E-state index in [1.54, 1.807) is 44.6 Å². The predicted octanol–water partition coefficient (Wildman–Crippen LogP) is 3.68. The van der Waals surface area contributed by atoms with Gasteiger partial charge in [-0.3, -0.25) is 9.59 Å². The number of aromatic nitrogens is 1. The van der Waals surface area contributed by atoms with Crippen molar-refractivity contribution >= 4 is 22.7 Å². The highest BCUT2D eigenvalue weighted by molar-refractivity contribution is 6.07. The van der Waals surface area contributed by atoms with Crippen molar-refractivity contribution in [1.82, 2.24) is 15.6 Å². The van der Waals surface area contributed by atoms with Gasteiger partial charge in [0, 0.05) is 24.0 Å². The molecule has 0 bridgehead atoms. The number of para-hydroxylation sites is 1. The molecule has 4 aromatic rings. The molecular formula is C26H25N3O6. The topological polar surface area (TPSA) is 112 Å². The molecule has 2 heterocycles. The Morgan fingerprint density at radius 2 is 1.54 bits per heavy atom. The lowest BCUT2D eigenvalue weighted by Crippen LogP contribution is -2.34. The number of rotatable bonds is 9. The van der Waals surface area contributed by atoms with Crippen LogP contribution in [0.3, 0.4) is 0 Å². The van der Waals surface area contributed by atoms with Crippen LogP contribution in [0.25, 0.3) is 22.2 Å². The number of ether oxygens (including phenoxy) is 3. The first-order chi connectivity index (χ1) is 17.0. The van der Waals surface area contributed by atoms with Gasteiger partial charge >= 0.3 is 0 Å². The van der Waals surface area contributed by atoms with E-state index in [-0.39, 0.29) is 30.7 Å². The first kappa shape index (κ1) is 23.6. The third kappa shape index (κ3) is 5.03. The lowest BCUT2D eigenvalue weighted by Gasteiger charge is -2.15. The summed E-state index contributed by atoms with van der Waals surface area (Å²) in [5.74, 6) is 1.01. The number of nitrogens with one attached hydrogen (secondary N) is 2. The first-order valence-electron chi connectivity index (χ1n) is 10.9. The third-order valence-electron chi connectivity index (χ3n) is 5.36. The van der Waals surface area contributed by atoms with Gasteiger partial charge in [-0.15, -0.1) is 0 Å². The van der Waals surface area contributed by atoms with Gasteiger partial charge in [0.15, 0.2) is 17.3 Å². The Morgan fingerprint density at radius 1 is 0.857 bits per heavy atom. The molecule has 9 heteroatoms. The summed E-state index contributed by atoms with van der Waals surface area (Å²) in [6.07, 6.45) is 1.43. The van der Waals surface area contributed by atoms with Crippen LogP contribution < -0.4 is 24.8 Å². The van der Waals surface area contributed by atoms with Crippen LogP contribution in [0.1, 0.15) is 20.9 Å². The number of nitrogens with zero attached hydrogens (tertiary/aromatic N) is 1. The van der Waals surface area contributed by atoms with Gasteiger partial charge in [0.25, 0.3) is 11.8 Å². The molecule has 2 aromatic heterocycles. The van der Waals surface area contributed by atoms with Crippen molar-refractivity contribution in [3.05, 3.63) is 72.2 Å². The second-order valence-electron chi connectivity index (χ2n) is 7.48. The molecule has 0 atom stereocenters. The predicted molar refractivity (Wildman–Crippen MR) is 130 cm³/mol. The average Bonchev–Trinajstić information content (AvgIpc) is 3.44. The Hall–Kier alpha value is -4.53. The number of pyridine rings is 1. The minimum atomic E-state index is -0.344. The van der Waals surface area contributed by atoms with Gasteiger partial charge in [-0.05, 0) is 36.4 Å². The molecule has 0 aliphatic heterocycles. The van der Waals surface area contributed by atoms with Gasteiger partial charge in [-0.1, -0.05) is 18.2 Å². The van der Waals surface area contributed by atoms with E-state index in [1.165, 1.54) is 13.4 Å². The molecule has 0 spiro atoms. The summed E-state index contributed by atoms with van der Waals surface area (Å²) in [7, 11) is 4.62. The van der Waals surface area contributed by atoms with E-state index in [4.69, 9.17) is 23.6 Å². The minimum absolute atomic E-state index is 0.214. The van der Waals surface area contributed by atoms with Crippen LogP contribution in [0.4, 0.5) is 0 Å². The number of amides is 2. The molecule has 2 amide bonds. The normalized spacial score (nSPS) is 10.6. The fourth-order valence-corrected chi connectivity index (χ4v) is 3.68. The van der Waals surface area contributed by atoms with E-state index in [0.29, 0.717) is 45.0 Å². The molecule has 0 aliphatic carbocycles. The number of fused-ring (bicyclic) bond motifs is 1. The number of hydrogen-bond donors (Lipinski definition) is 2. The van der Waals surface area contributed by atoms with E-state index in [0.717, 1.165) is 0 Å². The maximum absolute atomic E-state index is 13.1. The molecule has 9 nitrogen and oxygen atoms in total. The highest BCUT2D eigenvalue weighted by Gasteiger charge is 2.18. The molecule has 0 fully saturated rings. The lowest BCUT2D eigenvalue weighted by molar-refractivity contribution is 0.0911. The Kier molecular flexibility index (Phi) is 7.15. The Morgan fingerprint density at radius 3 is 2.17 bits per heavy atom. The summed E-state index contributed by atoms with van der Waals surface area (Å²) >= 11 is 0. The molecule has 2 aromatic carbocycles. The largest absolute Gasteiger partial charge is 0.493 e. The molecule has 2 N–H and O–H groups in total. The van der Waals surface area contributed by atoms with Gasteiger partial charge in [-0.25, -0.2) is 4.98 Å². The molecule has 180 valence electrons. The summed E-state index contributed by atoms with van der Waals surface area (Å²) in [5, 5.41) is 6.26. The quantitative estimate of drug-likeness (QED) is 0.355. The van der Waals surface area contributed by atoms with Crippen molar-refractivity contribution in [1.29, 1.82) is 0 Å². The van der Waals surface area contributed by atoms with Gasteiger partial charge in [0.2, 0.25) is 5.75 Å². The lowest BCUT2D eigenvalue weighted by atomic mass is 10.0. The molecule has 4 rings (SSSR count). The number of carbonyl (C=O) groups excluding carboxylic acids is 2. The molecule has 35 heavy (non-hydrogen) atoms. The van der Waals surface area contributed by atoms with E-state index in [2.05, 4.69) is 10.6 Å². The number of furan rings is 1. The van der Waals surface area contributed by atoms with E-state index < -0.39 is 0 Å². The Balaban J connectivity index is 1.60. The van der Waals surface area contributed by atoms with Gasteiger partial charge < -0.3 is 29.3 Å². The zero-order chi connectivity index (χ0) is 24.8. The van der Waals surface area contributed by atoms with Crippen molar-refractivity contribution in [3.8, 4) is 28.5 Å². The summed E-state index contributed by atoms with van der Waals surface area (Å²) in [6.45, 7) is 0.482. The van der Waals surface area contributed by atoms with E-state index in [9.17, 15) is 9.59 Å². The SMILES string of the molecule is COc1cc(-c2cc(C(=O)NCCNC(=O)c3ccco3)c3ccccc3n2)cc(OC)c1OC. The van der Waals surface area contributed by atoms with Crippen molar-refractivity contribution in [2.75, 3.05) is 34.4 Å². The second-order valence-corrected chi connectivity index (χ2v) is 7.48. The average molecular weight is 476 g/mol. The zero-order valence-electron chi connectivity index (χ0n) is 19.6. The standard InChI is InChI=1S/C26H25N3O6/c1-32-22-13-16(14-23(33-2)24(22)34-3)20-15-18(17-7-4-5-8-19(17)29-20)25(30)27-10-11-28-26(31)21-9-6-12-35-21/h4-9,12-15H,10-11H2,1-3H3,(H,27,30)(H,28,31). The van der Waals surface area contributed by atoms with Crippen LogP contribution in [0.15, 0.2) is 65.3 Å². The van der Waals surface area contributed by atoms with Gasteiger partial charge in [0.1, 0.15) is 0 Å². The highest BCUT2D eigenvalue weighted by atomic mass is 16.5. The molecule has 0 radical (unpaired) electrons. The van der Waals surface area contributed by atoms with Crippen molar-refractivity contribution < 1.29 is 28.2 Å². The van der Waals surface area contributed by atoms with Crippen molar-refractivity contribution in [3.63, 3.8) is 0 Å². The smallest absolute Gasteiger partial charge is 0.287 e. The van der Waals surface area contributed by atoms with E-state index in [1.807, 2.05) is 24.3 Å². The van der Waals surface area contributed by atoms with Crippen molar-refractivity contribution in [2.24, 2.45) is 0 Å². The zero-order valence-corrected chi connectivity index (χ0v) is 19.6. The fourth-order valence-electron chi connectivity index (χ4n) is 3.68. The number of carbonyl (C=O) groups is 2. The van der Waals surface area contributed by atoms with Gasteiger partial charge in [0.05, 0.1) is 44.4 Å². The first-order valence-corrected chi connectivity index (χ1v) is 10.9.